The molecule has 0 bridgehead atoms. The summed E-state index contributed by atoms with van der Waals surface area (Å²) in [5, 5.41) is 6.39. The van der Waals surface area contributed by atoms with Crippen molar-refractivity contribution in [1.29, 1.82) is 0 Å². The number of nitrogens with zero attached hydrogens (tertiary/aromatic N) is 2. The Balaban J connectivity index is 1.31. The number of benzene rings is 2. The van der Waals surface area contributed by atoms with Crippen LogP contribution in [0.4, 0.5) is 5.69 Å². The van der Waals surface area contributed by atoms with Crippen molar-refractivity contribution < 1.29 is 4.79 Å². The van der Waals surface area contributed by atoms with Crippen molar-refractivity contribution in [2.45, 2.75) is 32.2 Å². The summed E-state index contributed by atoms with van der Waals surface area (Å²) in [6.07, 6.45) is 5.84. The van der Waals surface area contributed by atoms with Crippen molar-refractivity contribution in [1.82, 2.24) is 14.9 Å². The highest BCUT2D eigenvalue weighted by molar-refractivity contribution is 5.90. The van der Waals surface area contributed by atoms with Gasteiger partial charge in [-0.1, -0.05) is 24.3 Å². The zero-order valence-corrected chi connectivity index (χ0v) is 15.5. The molecule has 27 heavy (non-hydrogen) atoms. The Kier molecular flexibility index (Phi) is 5.49. The molecule has 5 heteroatoms. The summed E-state index contributed by atoms with van der Waals surface area (Å²) in [6, 6.07) is 16.2. The van der Waals surface area contributed by atoms with Crippen molar-refractivity contribution in [3.05, 3.63) is 60.4 Å². The van der Waals surface area contributed by atoms with E-state index in [0.717, 1.165) is 42.8 Å². The molecule has 4 rings (SSSR count). The van der Waals surface area contributed by atoms with Crippen LogP contribution < -0.4 is 10.6 Å². The molecule has 0 spiro atoms. The van der Waals surface area contributed by atoms with Gasteiger partial charge in [0.05, 0.1) is 17.4 Å². The Morgan fingerprint density at radius 2 is 1.89 bits per heavy atom. The summed E-state index contributed by atoms with van der Waals surface area (Å²) in [4.78, 5) is 16.6. The number of piperidine rings is 1. The van der Waals surface area contributed by atoms with Gasteiger partial charge in [-0.25, -0.2) is 4.98 Å². The molecule has 0 unspecified atom stereocenters. The van der Waals surface area contributed by atoms with E-state index in [0.29, 0.717) is 12.3 Å². The normalized spacial score (nSPS) is 15.1. The van der Waals surface area contributed by atoms with E-state index < -0.39 is 0 Å². The lowest BCUT2D eigenvalue weighted by Gasteiger charge is -2.22. The smallest absolute Gasteiger partial charge is 0.224 e. The summed E-state index contributed by atoms with van der Waals surface area (Å²) in [5.41, 5.74) is 4.19. The van der Waals surface area contributed by atoms with E-state index in [9.17, 15) is 4.79 Å². The van der Waals surface area contributed by atoms with E-state index in [4.69, 9.17) is 0 Å². The minimum Gasteiger partial charge on any atom is -0.326 e. The van der Waals surface area contributed by atoms with E-state index in [-0.39, 0.29) is 5.91 Å². The van der Waals surface area contributed by atoms with Gasteiger partial charge < -0.3 is 15.2 Å². The van der Waals surface area contributed by atoms with Crippen molar-refractivity contribution in [2.24, 2.45) is 5.92 Å². The van der Waals surface area contributed by atoms with Gasteiger partial charge in [0.2, 0.25) is 5.91 Å². The van der Waals surface area contributed by atoms with Crippen LogP contribution in [0.5, 0.6) is 0 Å². The molecule has 1 aliphatic rings. The maximum absolute atomic E-state index is 12.2. The van der Waals surface area contributed by atoms with Crippen LogP contribution in [0, 0.1) is 5.92 Å². The molecule has 1 amide bonds. The number of anilines is 1. The molecule has 3 aromatic rings. The highest BCUT2D eigenvalue weighted by Gasteiger charge is 2.14. The minimum absolute atomic E-state index is 0.113. The van der Waals surface area contributed by atoms with E-state index in [1.54, 1.807) is 0 Å². The van der Waals surface area contributed by atoms with Crippen molar-refractivity contribution in [3.63, 3.8) is 0 Å². The number of hydrogen-bond donors (Lipinski definition) is 2. The summed E-state index contributed by atoms with van der Waals surface area (Å²) in [5.74, 6) is 0.797. The number of nitrogens with one attached hydrogen (secondary N) is 2. The number of fused-ring (bicyclic) bond motifs is 1. The molecule has 140 valence electrons. The van der Waals surface area contributed by atoms with Gasteiger partial charge >= 0.3 is 0 Å². The molecule has 5 nitrogen and oxygen atoms in total. The molecule has 2 N–H and O–H groups in total. The van der Waals surface area contributed by atoms with Gasteiger partial charge in [-0.2, -0.15) is 0 Å². The van der Waals surface area contributed by atoms with Crippen LogP contribution in [0.15, 0.2) is 54.9 Å². The molecule has 0 atom stereocenters. The molecule has 1 saturated heterocycles. The lowest BCUT2D eigenvalue weighted by molar-refractivity contribution is -0.116. The first-order valence-electron chi connectivity index (χ1n) is 9.77. The van der Waals surface area contributed by atoms with Crippen molar-refractivity contribution >= 4 is 22.6 Å². The van der Waals surface area contributed by atoms with E-state index in [2.05, 4.69) is 38.4 Å². The Bertz CT molecular complexity index is 894. The second-order valence-electron chi connectivity index (χ2n) is 7.34. The number of carbonyl (C=O) groups excluding carboxylic acids is 1. The third-order valence-electron chi connectivity index (χ3n) is 5.36. The molecule has 2 aromatic carbocycles. The molecular weight excluding hydrogens is 336 g/mol. The van der Waals surface area contributed by atoms with Gasteiger partial charge in [0.25, 0.3) is 0 Å². The first-order valence-corrected chi connectivity index (χ1v) is 9.77. The maximum Gasteiger partial charge on any atom is 0.224 e. The number of carbonyl (C=O) groups is 1. The topological polar surface area (TPSA) is 59.0 Å². The maximum atomic E-state index is 12.2. The predicted molar refractivity (Wildman–Crippen MR) is 109 cm³/mol. The minimum atomic E-state index is 0.113. The highest BCUT2D eigenvalue weighted by atomic mass is 16.1. The quantitative estimate of drug-likeness (QED) is 0.701. The van der Waals surface area contributed by atoms with Crippen LogP contribution >= 0.6 is 0 Å². The Morgan fingerprint density at radius 3 is 2.70 bits per heavy atom. The van der Waals surface area contributed by atoms with Gasteiger partial charge in [-0.3, -0.25) is 4.79 Å². The van der Waals surface area contributed by atoms with Crippen LogP contribution in [0.3, 0.4) is 0 Å². The average molecular weight is 362 g/mol. The molecule has 0 radical (unpaired) electrons. The Labute approximate surface area is 159 Å². The van der Waals surface area contributed by atoms with Crippen molar-refractivity contribution in [2.75, 3.05) is 18.4 Å². The van der Waals surface area contributed by atoms with E-state index >= 15 is 0 Å². The standard InChI is InChI=1S/C22H26N4O/c27-22(10-7-17-11-13-23-14-12-17)25-19-8-5-18(6-9-19)15-26-16-24-20-3-1-2-4-21(20)26/h1-6,8-9,16-17,23H,7,10-15H2,(H,25,27). The number of hydrogen-bond acceptors (Lipinski definition) is 3. The van der Waals surface area contributed by atoms with Crippen LogP contribution in [0.2, 0.25) is 0 Å². The third-order valence-corrected chi connectivity index (χ3v) is 5.36. The molecule has 1 aliphatic heterocycles. The number of rotatable bonds is 6. The van der Waals surface area contributed by atoms with Crippen LogP contribution in [-0.2, 0) is 11.3 Å². The first kappa shape index (κ1) is 17.7. The van der Waals surface area contributed by atoms with Gasteiger partial charge in [0.1, 0.15) is 0 Å². The monoisotopic (exact) mass is 362 g/mol. The molecule has 0 saturated carbocycles. The van der Waals surface area contributed by atoms with Crippen LogP contribution in [-0.4, -0.2) is 28.5 Å². The summed E-state index contributed by atoms with van der Waals surface area (Å²) < 4.78 is 2.14. The fourth-order valence-corrected chi connectivity index (χ4v) is 3.76. The largest absolute Gasteiger partial charge is 0.326 e. The molecule has 1 fully saturated rings. The molecule has 1 aromatic heterocycles. The summed E-state index contributed by atoms with van der Waals surface area (Å²) in [6.45, 7) is 2.93. The fraction of sp³-hybridized carbons (Fsp3) is 0.364. The number of imidazole rings is 1. The van der Waals surface area contributed by atoms with Gasteiger partial charge in [-0.05, 0) is 68.1 Å². The van der Waals surface area contributed by atoms with E-state index in [1.807, 2.05) is 36.7 Å². The number of amides is 1. The summed E-state index contributed by atoms with van der Waals surface area (Å²) >= 11 is 0. The van der Waals surface area contributed by atoms with Gasteiger partial charge in [-0.15, -0.1) is 0 Å². The highest BCUT2D eigenvalue weighted by Crippen LogP contribution is 2.19. The van der Waals surface area contributed by atoms with Gasteiger partial charge in [0, 0.05) is 18.7 Å². The predicted octanol–water partition coefficient (Wildman–Crippen LogP) is 3.80. The number of aromatic nitrogens is 2. The summed E-state index contributed by atoms with van der Waals surface area (Å²) in [7, 11) is 0. The third kappa shape index (κ3) is 4.55. The zero-order valence-electron chi connectivity index (χ0n) is 15.5. The van der Waals surface area contributed by atoms with Crippen LogP contribution in [0.1, 0.15) is 31.2 Å². The second-order valence-corrected chi connectivity index (χ2v) is 7.34. The molecule has 2 heterocycles. The van der Waals surface area contributed by atoms with Crippen LogP contribution in [0.25, 0.3) is 11.0 Å². The fourth-order valence-electron chi connectivity index (χ4n) is 3.76. The molecular formula is C22H26N4O. The lowest BCUT2D eigenvalue weighted by atomic mass is 9.93. The van der Waals surface area contributed by atoms with Gasteiger partial charge in [0.15, 0.2) is 0 Å². The number of para-hydroxylation sites is 2. The lowest BCUT2D eigenvalue weighted by Crippen LogP contribution is -2.28. The SMILES string of the molecule is O=C(CCC1CCNCC1)Nc1ccc(Cn2cnc3ccccc32)cc1. The average Bonchev–Trinajstić information content (AvgIpc) is 3.12. The first-order chi connectivity index (χ1) is 13.3. The Hall–Kier alpha value is -2.66. The molecule has 0 aliphatic carbocycles. The zero-order chi connectivity index (χ0) is 18.5. The van der Waals surface area contributed by atoms with E-state index in [1.165, 1.54) is 18.4 Å². The van der Waals surface area contributed by atoms with Crippen molar-refractivity contribution in [3.8, 4) is 0 Å². The second kappa shape index (κ2) is 8.35. The Morgan fingerprint density at radius 1 is 1.11 bits per heavy atom.